The first-order chi connectivity index (χ1) is 9.98. The van der Waals surface area contributed by atoms with Crippen LogP contribution in [0.25, 0.3) is 0 Å². The minimum absolute atomic E-state index is 0.0204. The summed E-state index contributed by atoms with van der Waals surface area (Å²) in [5.74, 6) is -0.416. The minimum atomic E-state index is -0.804. The minimum Gasteiger partial charge on any atom is -0.444 e. The molecule has 0 heterocycles. The van der Waals surface area contributed by atoms with Crippen molar-refractivity contribution < 1.29 is 19.1 Å². The fourth-order valence-corrected chi connectivity index (χ4v) is 1.83. The molecule has 22 heavy (non-hydrogen) atoms. The first-order valence-electron chi connectivity index (χ1n) is 7.51. The fraction of sp³-hybridized carbons (Fsp3) is 0.867. The normalized spacial score (nSPS) is 13.5. The van der Waals surface area contributed by atoms with E-state index in [1.165, 1.54) is 0 Å². The zero-order valence-electron chi connectivity index (χ0n) is 14.6. The summed E-state index contributed by atoms with van der Waals surface area (Å²) >= 11 is 0. The molecule has 0 radical (unpaired) electrons. The number of nitrogens with two attached hydrogens (primary N) is 1. The number of rotatable bonds is 9. The first-order valence-corrected chi connectivity index (χ1v) is 7.51. The maximum atomic E-state index is 11.5. The monoisotopic (exact) mass is 317 g/mol. The van der Waals surface area contributed by atoms with Gasteiger partial charge in [-0.1, -0.05) is 0 Å². The van der Waals surface area contributed by atoms with E-state index in [1.54, 1.807) is 21.0 Å². The van der Waals surface area contributed by atoms with Crippen molar-refractivity contribution in [2.75, 3.05) is 20.3 Å². The van der Waals surface area contributed by atoms with Gasteiger partial charge in [0.05, 0.1) is 12.1 Å². The maximum Gasteiger partial charge on any atom is 0.407 e. The number of hydrogen-bond acceptors (Lipinski definition) is 5. The third-order valence-electron chi connectivity index (χ3n) is 2.95. The molecular weight excluding hydrogens is 286 g/mol. The highest BCUT2D eigenvalue weighted by Gasteiger charge is 2.27. The highest BCUT2D eigenvalue weighted by Crippen LogP contribution is 2.08. The number of carbonyl (C=O) groups is 2. The van der Waals surface area contributed by atoms with Crippen molar-refractivity contribution >= 4 is 12.0 Å². The summed E-state index contributed by atoms with van der Waals surface area (Å²) in [5.41, 5.74) is 4.04. The van der Waals surface area contributed by atoms with Crippen LogP contribution in [0.4, 0.5) is 4.79 Å². The second-order valence-electron chi connectivity index (χ2n) is 6.86. The molecule has 0 saturated heterocycles. The van der Waals surface area contributed by atoms with Crippen LogP contribution in [0.5, 0.6) is 0 Å². The Balaban J connectivity index is 4.16. The van der Waals surface area contributed by atoms with Gasteiger partial charge in [-0.25, -0.2) is 4.79 Å². The van der Waals surface area contributed by atoms with Crippen molar-refractivity contribution in [2.24, 2.45) is 5.73 Å². The van der Waals surface area contributed by atoms with E-state index in [-0.39, 0.29) is 6.04 Å². The van der Waals surface area contributed by atoms with Gasteiger partial charge < -0.3 is 20.5 Å². The Kier molecular flexibility index (Phi) is 8.40. The van der Waals surface area contributed by atoms with Crippen molar-refractivity contribution in [3.8, 4) is 0 Å². The number of hydrogen-bond donors (Lipinski definition) is 3. The summed E-state index contributed by atoms with van der Waals surface area (Å²) < 4.78 is 10.3. The number of amides is 2. The zero-order valence-corrected chi connectivity index (χ0v) is 14.6. The quantitative estimate of drug-likeness (QED) is 0.554. The standard InChI is InChI=1S/C15H31N3O4/c1-14(2,3)22-13(20)17-9-7-8-11(10-21-6)18-15(4,5)12(16)19/h11,18H,7-10H2,1-6H3,(H2,16,19)(H,17,20). The van der Waals surface area contributed by atoms with Gasteiger partial charge in [-0.2, -0.15) is 0 Å². The molecule has 1 atom stereocenters. The molecule has 2 amide bonds. The molecule has 0 aromatic rings. The lowest BCUT2D eigenvalue weighted by Gasteiger charge is -2.29. The van der Waals surface area contributed by atoms with Crippen LogP contribution in [0.15, 0.2) is 0 Å². The molecule has 0 spiro atoms. The van der Waals surface area contributed by atoms with Crippen molar-refractivity contribution in [3.63, 3.8) is 0 Å². The first kappa shape index (κ1) is 20.7. The van der Waals surface area contributed by atoms with Gasteiger partial charge >= 0.3 is 6.09 Å². The summed E-state index contributed by atoms with van der Waals surface area (Å²) in [6.07, 6.45) is 1.04. The van der Waals surface area contributed by atoms with Gasteiger partial charge in [-0.05, 0) is 47.5 Å². The van der Waals surface area contributed by atoms with Crippen LogP contribution in [-0.4, -0.2) is 49.4 Å². The lowest BCUT2D eigenvalue weighted by atomic mass is 10.0. The van der Waals surface area contributed by atoms with E-state index in [1.807, 2.05) is 20.8 Å². The van der Waals surface area contributed by atoms with Crippen LogP contribution in [0.1, 0.15) is 47.5 Å². The summed E-state index contributed by atoms with van der Waals surface area (Å²) in [7, 11) is 1.60. The molecule has 1 unspecified atom stereocenters. The van der Waals surface area contributed by atoms with E-state index in [0.29, 0.717) is 13.2 Å². The third kappa shape index (κ3) is 9.57. The molecule has 0 aliphatic heterocycles. The van der Waals surface area contributed by atoms with E-state index in [9.17, 15) is 9.59 Å². The summed E-state index contributed by atoms with van der Waals surface area (Å²) in [6, 6.07) is -0.0204. The van der Waals surface area contributed by atoms with E-state index in [0.717, 1.165) is 12.8 Å². The number of alkyl carbamates (subject to hydrolysis) is 1. The number of nitrogens with one attached hydrogen (secondary N) is 2. The van der Waals surface area contributed by atoms with Crippen LogP contribution >= 0.6 is 0 Å². The maximum absolute atomic E-state index is 11.5. The van der Waals surface area contributed by atoms with Gasteiger partial charge in [0.25, 0.3) is 0 Å². The largest absolute Gasteiger partial charge is 0.444 e. The van der Waals surface area contributed by atoms with Gasteiger partial charge in [0.15, 0.2) is 0 Å². The van der Waals surface area contributed by atoms with E-state index in [4.69, 9.17) is 15.2 Å². The summed E-state index contributed by atoms with van der Waals surface area (Å²) in [4.78, 5) is 22.9. The Morgan fingerprint density at radius 1 is 1.18 bits per heavy atom. The van der Waals surface area contributed by atoms with Crippen LogP contribution in [0.3, 0.4) is 0 Å². The Bertz CT molecular complexity index is 364. The smallest absolute Gasteiger partial charge is 0.407 e. The predicted octanol–water partition coefficient (Wildman–Crippen LogP) is 1.16. The van der Waals surface area contributed by atoms with Gasteiger partial charge in [-0.15, -0.1) is 0 Å². The van der Waals surface area contributed by atoms with Crippen LogP contribution in [-0.2, 0) is 14.3 Å². The molecule has 0 saturated carbocycles. The average molecular weight is 317 g/mol. The van der Waals surface area contributed by atoms with Crippen molar-refractivity contribution in [1.82, 2.24) is 10.6 Å². The van der Waals surface area contributed by atoms with Gasteiger partial charge in [0.2, 0.25) is 5.91 Å². The molecule has 0 aliphatic carbocycles. The van der Waals surface area contributed by atoms with Crippen molar-refractivity contribution in [3.05, 3.63) is 0 Å². The Labute approximate surface area is 133 Å². The zero-order chi connectivity index (χ0) is 17.4. The van der Waals surface area contributed by atoms with Crippen molar-refractivity contribution in [2.45, 2.75) is 64.6 Å². The predicted molar refractivity (Wildman–Crippen MR) is 85.5 cm³/mol. The van der Waals surface area contributed by atoms with E-state index < -0.39 is 23.1 Å². The van der Waals surface area contributed by atoms with Crippen molar-refractivity contribution in [1.29, 1.82) is 0 Å². The SMILES string of the molecule is COCC(CCCNC(=O)OC(C)(C)C)NC(C)(C)C(N)=O. The molecular formula is C15H31N3O4. The van der Waals surface area contributed by atoms with Crippen LogP contribution in [0.2, 0.25) is 0 Å². The second-order valence-corrected chi connectivity index (χ2v) is 6.86. The molecule has 0 aromatic carbocycles. The summed E-state index contributed by atoms with van der Waals surface area (Å²) in [5, 5.41) is 5.88. The Hall–Kier alpha value is -1.34. The van der Waals surface area contributed by atoms with E-state index >= 15 is 0 Å². The van der Waals surface area contributed by atoms with E-state index in [2.05, 4.69) is 10.6 Å². The molecule has 7 nitrogen and oxygen atoms in total. The molecule has 0 rings (SSSR count). The fourth-order valence-electron chi connectivity index (χ4n) is 1.83. The average Bonchev–Trinajstić information content (AvgIpc) is 2.32. The molecule has 0 aromatic heterocycles. The molecule has 7 heteroatoms. The Morgan fingerprint density at radius 2 is 1.77 bits per heavy atom. The number of carbonyl (C=O) groups excluding carboxylic acids is 2. The van der Waals surface area contributed by atoms with Crippen LogP contribution in [0, 0.1) is 0 Å². The van der Waals surface area contributed by atoms with Gasteiger partial charge in [0, 0.05) is 19.7 Å². The molecule has 4 N–H and O–H groups in total. The topological polar surface area (TPSA) is 103 Å². The highest BCUT2D eigenvalue weighted by molar-refractivity contribution is 5.83. The lowest BCUT2D eigenvalue weighted by Crippen LogP contribution is -2.55. The number of ether oxygens (including phenoxy) is 2. The molecule has 130 valence electrons. The Morgan fingerprint density at radius 3 is 2.23 bits per heavy atom. The van der Waals surface area contributed by atoms with Gasteiger partial charge in [0.1, 0.15) is 5.60 Å². The molecule has 0 fully saturated rings. The highest BCUT2D eigenvalue weighted by atomic mass is 16.6. The molecule has 0 bridgehead atoms. The number of primary amides is 1. The van der Waals surface area contributed by atoms with Crippen LogP contribution < -0.4 is 16.4 Å². The summed E-state index contributed by atoms with van der Waals surface area (Å²) in [6.45, 7) is 9.87. The number of methoxy groups -OCH3 is 1. The molecule has 0 aliphatic rings. The lowest BCUT2D eigenvalue weighted by molar-refractivity contribution is -0.123. The third-order valence-corrected chi connectivity index (χ3v) is 2.95. The van der Waals surface area contributed by atoms with Gasteiger partial charge in [-0.3, -0.25) is 10.1 Å². The second kappa shape index (κ2) is 8.95.